The fourth-order valence-corrected chi connectivity index (χ4v) is 3.53. The lowest BCUT2D eigenvalue weighted by atomic mass is 9.97. The highest BCUT2D eigenvalue weighted by atomic mass is 16.1. The lowest BCUT2D eigenvalue weighted by molar-refractivity contribution is 0.0993. The molecule has 2 heterocycles. The number of nitrogen functional groups attached to an aromatic ring is 1. The van der Waals surface area contributed by atoms with Crippen molar-refractivity contribution in [2.24, 2.45) is 0 Å². The molecule has 5 heteroatoms. The highest BCUT2D eigenvalue weighted by molar-refractivity contribution is 5.98. The summed E-state index contributed by atoms with van der Waals surface area (Å²) in [5.41, 5.74) is 10.7. The number of nitrogens with zero attached hydrogens (tertiary/aromatic N) is 2. The van der Waals surface area contributed by atoms with Gasteiger partial charge in [0, 0.05) is 50.0 Å². The normalized spacial score (nSPS) is 16.4. The van der Waals surface area contributed by atoms with Crippen LogP contribution < -0.4 is 16.0 Å². The van der Waals surface area contributed by atoms with Gasteiger partial charge in [0.2, 0.25) is 0 Å². The number of carbonyl (C=O) groups excluding carboxylic acids is 1. The Morgan fingerprint density at radius 3 is 2.74 bits per heavy atom. The second kappa shape index (κ2) is 7.76. The monoisotopic (exact) mass is 360 g/mol. The summed E-state index contributed by atoms with van der Waals surface area (Å²) in [5.74, 6) is 0.965. The number of hydrogen-bond acceptors (Lipinski definition) is 5. The highest BCUT2D eigenvalue weighted by Gasteiger charge is 2.15. The zero-order valence-corrected chi connectivity index (χ0v) is 15.3. The lowest BCUT2D eigenvalue weighted by Crippen LogP contribution is -2.43. The van der Waals surface area contributed by atoms with Crippen LogP contribution in [0.4, 0.5) is 11.5 Å². The van der Waals surface area contributed by atoms with Gasteiger partial charge in [-0.1, -0.05) is 24.3 Å². The van der Waals surface area contributed by atoms with Crippen molar-refractivity contribution in [2.75, 3.05) is 36.8 Å². The first-order valence-electron chi connectivity index (χ1n) is 9.40. The lowest BCUT2D eigenvalue weighted by Gasteiger charge is -2.28. The number of Topliss-reactive ketones (excluding diaryl/α,β-unsaturated/α-hetero) is 1. The number of pyridine rings is 1. The molecule has 0 bridgehead atoms. The Hall–Kier alpha value is -2.92. The van der Waals surface area contributed by atoms with Crippen LogP contribution in [0.15, 0.2) is 54.8 Å². The van der Waals surface area contributed by atoms with Crippen molar-refractivity contribution in [3.63, 3.8) is 0 Å². The van der Waals surface area contributed by atoms with Gasteiger partial charge in [-0.25, -0.2) is 4.98 Å². The third-order valence-electron chi connectivity index (χ3n) is 5.15. The van der Waals surface area contributed by atoms with E-state index < -0.39 is 0 Å². The third-order valence-corrected chi connectivity index (χ3v) is 5.15. The Balaban J connectivity index is 1.48. The minimum absolute atomic E-state index is 0.0386. The zero-order chi connectivity index (χ0) is 18.6. The van der Waals surface area contributed by atoms with Gasteiger partial charge in [-0.2, -0.15) is 0 Å². The van der Waals surface area contributed by atoms with Crippen molar-refractivity contribution in [1.29, 1.82) is 0 Å². The summed E-state index contributed by atoms with van der Waals surface area (Å²) in [7, 11) is 0. The molecule has 2 aliphatic rings. The number of carbonyl (C=O) groups is 1. The van der Waals surface area contributed by atoms with Gasteiger partial charge in [0.15, 0.2) is 5.78 Å². The number of rotatable bonds is 5. The molecule has 2 aromatic rings. The van der Waals surface area contributed by atoms with Gasteiger partial charge in [0.25, 0.3) is 0 Å². The molecule has 0 radical (unpaired) electrons. The molecule has 1 saturated heterocycles. The quantitative estimate of drug-likeness (QED) is 0.634. The van der Waals surface area contributed by atoms with Gasteiger partial charge in [-0.3, -0.25) is 4.79 Å². The minimum Gasteiger partial charge on any atom is -0.398 e. The molecule has 0 unspecified atom stereocenters. The van der Waals surface area contributed by atoms with Crippen molar-refractivity contribution in [3.8, 4) is 0 Å². The number of anilines is 2. The molecule has 0 saturated carbocycles. The van der Waals surface area contributed by atoms with Gasteiger partial charge in [-0.15, -0.1) is 0 Å². The molecule has 1 aromatic carbocycles. The molecule has 1 aliphatic carbocycles. The van der Waals surface area contributed by atoms with Crippen molar-refractivity contribution in [3.05, 3.63) is 71.4 Å². The Kier molecular flexibility index (Phi) is 5.03. The molecule has 1 fully saturated rings. The van der Waals surface area contributed by atoms with E-state index in [1.807, 2.05) is 30.3 Å². The topological polar surface area (TPSA) is 71.2 Å². The number of ketones is 1. The summed E-state index contributed by atoms with van der Waals surface area (Å²) in [5, 5.41) is 3.33. The van der Waals surface area contributed by atoms with Crippen LogP contribution in [0.3, 0.4) is 0 Å². The van der Waals surface area contributed by atoms with Crippen molar-refractivity contribution in [1.82, 2.24) is 10.3 Å². The Labute approximate surface area is 159 Å². The van der Waals surface area contributed by atoms with E-state index >= 15 is 0 Å². The molecular weight excluding hydrogens is 336 g/mol. The molecule has 0 spiro atoms. The van der Waals surface area contributed by atoms with E-state index in [2.05, 4.69) is 33.4 Å². The SMILES string of the molecule is Nc1ccc(C2=CC=CC2)cc1CC(=O)c1ccc(N2CCNCC2)nc1. The molecule has 3 N–H and O–H groups in total. The van der Waals surface area contributed by atoms with E-state index in [-0.39, 0.29) is 12.2 Å². The van der Waals surface area contributed by atoms with Crippen LogP contribution in [-0.2, 0) is 6.42 Å². The number of piperazine rings is 1. The van der Waals surface area contributed by atoms with Gasteiger partial charge in [-0.05, 0) is 47.4 Å². The van der Waals surface area contributed by atoms with E-state index in [1.165, 1.54) is 5.57 Å². The molecular formula is C22H24N4O. The van der Waals surface area contributed by atoms with Crippen LogP contribution in [0.5, 0.6) is 0 Å². The molecule has 0 amide bonds. The first-order chi connectivity index (χ1) is 13.2. The Morgan fingerprint density at radius 1 is 1.19 bits per heavy atom. The largest absolute Gasteiger partial charge is 0.398 e. The van der Waals surface area contributed by atoms with Crippen LogP contribution in [0.2, 0.25) is 0 Å². The number of hydrogen-bond donors (Lipinski definition) is 2. The smallest absolute Gasteiger partial charge is 0.168 e. The molecule has 27 heavy (non-hydrogen) atoms. The van der Waals surface area contributed by atoms with Crippen LogP contribution in [-0.4, -0.2) is 36.9 Å². The van der Waals surface area contributed by atoms with E-state index in [9.17, 15) is 4.79 Å². The first kappa shape index (κ1) is 17.5. The summed E-state index contributed by atoms with van der Waals surface area (Å²) >= 11 is 0. The molecule has 4 rings (SSSR count). The van der Waals surface area contributed by atoms with E-state index in [0.29, 0.717) is 11.3 Å². The number of nitrogens with two attached hydrogens (primary N) is 1. The highest BCUT2D eigenvalue weighted by Crippen LogP contribution is 2.27. The molecule has 138 valence electrons. The van der Waals surface area contributed by atoms with E-state index in [1.54, 1.807) is 6.20 Å². The van der Waals surface area contributed by atoms with Crippen molar-refractivity contribution in [2.45, 2.75) is 12.8 Å². The van der Waals surface area contributed by atoms with Gasteiger partial charge >= 0.3 is 0 Å². The second-order valence-electron chi connectivity index (χ2n) is 6.98. The number of allylic oxidation sites excluding steroid dienone is 4. The maximum absolute atomic E-state index is 12.7. The number of nitrogens with one attached hydrogen (secondary N) is 1. The fourth-order valence-electron chi connectivity index (χ4n) is 3.53. The van der Waals surface area contributed by atoms with Gasteiger partial charge < -0.3 is 16.0 Å². The summed E-state index contributed by atoms with van der Waals surface area (Å²) < 4.78 is 0. The maximum atomic E-state index is 12.7. The number of aromatic nitrogens is 1. The van der Waals surface area contributed by atoms with Crippen LogP contribution in [0, 0.1) is 0 Å². The van der Waals surface area contributed by atoms with E-state index in [4.69, 9.17) is 5.73 Å². The van der Waals surface area contributed by atoms with Crippen LogP contribution in [0.1, 0.15) is 27.9 Å². The fraction of sp³-hybridized carbons (Fsp3) is 0.273. The summed E-state index contributed by atoms with van der Waals surface area (Å²) in [4.78, 5) is 19.5. The first-order valence-corrected chi connectivity index (χ1v) is 9.40. The Bertz CT molecular complexity index is 893. The number of benzene rings is 1. The predicted octanol–water partition coefficient (Wildman–Crippen LogP) is 2.84. The Morgan fingerprint density at radius 2 is 2.04 bits per heavy atom. The van der Waals surface area contributed by atoms with Gasteiger partial charge in [0.1, 0.15) is 5.82 Å². The van der Waals surface area contributed by atoms with Gasteiger partial charge in [0.05, 0.1) is 0 Å². The molecule has 5 nitrogen and oxygen atoms in total. The summed E-state index contributed by atoms with van der Waals surface area (Å²) in [6, 6.07) is 9.76. The zero-order valence-electron chi connectivity index (χ0n) is 15.3. The summed E-state index contributed by atoms with van der Waals surface area (Å²) in [6.45, 7) is 3.80. The van der Waals surface area contributed by atoms with Crippen molar-refractivity contribution < 1.29 is 4.79 Å². The molecule has 0 atom stereocenters. The maximum Gasteiger partial charge on any atom is 0.168 e. The minimum atomic E-state index is 0.0386. The van der Waals surface area contributed by atoms with E-state index in [0.717, 1.165) is 49.5 Å². The summed E-state index contributed by atoms with van der Waals surface area (Å²) in [6.07, 6.45) is 9.19. The standard InChI is InChI=1S/C22H24N4O/c23-20-7-5-17(16-3-1-2-4-16)13-19(20)14-21(27)18-6-8-22(25-15-18)26-11-9-24-10-12-26/h1-3,5-8,13,15,24H,4,9-12,14,23H2. The van der Waals surface area contributed by atoms with Crippen molar-refractivity contribution >= 4 is 22.9 Å². The second-order valence-corrected chi connectivity index (χ2v) is 6.98. The average Bonchev–Trinajstić information content (AvgIpc) is 3.25. The predicted molar refractivity (Wildman–Crippen MR) is 110 cm³/mol. The van der Waals surface area contributed by atoms with Crippen LogP contribution >= 0.6 is 0 Å². The molecule has 1 aliphatic heterocycles. The van der Waals surface area contributed by atoms with Crippen LogP contribution in [0.25, 0.3) is 5.57 Å². The third kappa shape index (κ3) is 3.93. The average molecular weight is 360 g/mol. The molecule has 1 aromatic heterocycles.